The van der Waals surface area contributed by atoms with Crippen molar-refractivity contribution in [1.29, 1.82) is 0 Å². The van der Waals surface area contributed by atoms with Crippen molar-refractivity contribution in [3.05, 3.63) is 35.4 Å². The zero-order valence-corrected chi connectivity index (χ0v) is 15.5. The third-order valence-corrected chi connectivity index (χ3v) is 4.72. The lowest BCUT2D eigenvalue weighted by molar-refractivity contribution is -0.127. The van der Waals surface area contributed by atoms with Gasteiger partial charge in [0.15, 0.2) is 0 Å². The van der Waals surface area contributed by atoms with E-state index in [1.807, 2.05) is 19.0 Å². The molecule has 25 heavy (non-hydrogen) atoms. The molecule has 1 aromatic heterocycles. The topological polar surface area (TPSA) is 48.5 Å². The summed E-state index contributed by atoms with van der Waals surface area (Å²) in [6, 6.07) is 8.63. The molecule has 134 valence electrons. The number of benzene rings is 1. The predicted octanol–water partition coefficient (Wildman–Crippen LogP) is 2.71. The molecule has 2 heterocycles. The Morgan fingerprint density at radius 3 is 2.84 bits per heavy atom. The van der Waals surface area contributed by atoms with E-state index in [0.717, 1.165) is 56.8 Å². The number of likely N-dealkylation sites (tertiary alicyclic amines) is 1. The maximum atomic E-state index is 11.6. The van der Waals surface area contributed by atoms with Crippen molar-refractivity contribution in [2.24, 2.45) is 0 Å². The Morgan fingerprint density at radius 2 is 2.12 bits per heavy atom. The second-order valence-corrected chi connectivity index (χ2v) is 7.08. The molecule has 1 aromatic carbocycles. The molecule has 1 fully saturated rings. The van der Waals surface area contributed by atoms with Gasteiger partial charge in [-0.25, -0.2) is 4.98 Å². The zero-order valence-electron chi connectivity index (χ0n) is 15.5. The number of hydrogen-bond acceptors (Lipinski definition) is 4. The summed E-state index contributed by atoms with van der Waals surface area (Å²) >= 11 is 0. The summed E-state index contributed by atoms with van der Waals surface area (Å²) in [5.41, 5.74) is 3.48. The van der Waals surface area contributed by atoms with Gasteiger partial charge in [0.2, 0.25) is 5.91 Å². The van der Waals surface area contributed by atoms with Gasteiger partial charge >= 0.3 is 0 Å². The third kappa shape index (κ3) is 4.28. The molecule has 1 saturated heterocycles. The van der Waals surface area contributed by atoms with Gasteiger partial charge in [0.25, 0.3) is 0 Å². The van der Waals surface area contributed by atoms with E-state index in [2.05, 4.69) is 41.4 Å². The van der Waals surface area contributed by atoms with Crippen LogP contribution in [-0.2, 0) is 11.3 Å². The first-order valence-corrected chi connectivity index (χ1v) is 9.11. The van der Waals surface area contributed by atoms with Gasteiger partial charge in [-0.3, -0.25) is 4.79 Å². The summed E-state index contributed by atoms with van der Waals surface area (Å²) in [4.78, 5) is 20.5. The van der Waals surface area contributed by atoms with E-state index in [1.165, 1.54) is 16.5 Å². The summed E-state index contributed by atoms with van der Waals surface area (Å²) in [6.07, 6.45) is 2.73. The molecule has 5 heteroatoms. The van der Waals surface area contributed by atoms with Crippen LogP contribution in [0.3, 0.4) is 0 Å². The minimum Gasteiger partial charge on any atom is -0.362 e. The molecule has 3 rings (SSSR count). The smallest absolute Gasteiger partial charge is 0.222 e. The van der Waals surface area contributed by atoms with E-state index >= 15 is 0 Å². The average molecular weight is 340 g/mol. The first-order chi connectivity index (χ1) is 12.0. The van der Waals surface area contributed by atoms with Crippen LogP contribution in [0.5, 0.6) is 0 Å². The second kappa shape index (κ2) is 7.83. The predicted molar refractivity (Wildman–Crippen MR) is 103 cm³/mol. The molecule has 0 atom stereocenters. The molecule has 1 amide bonds. The fourth-order valence-corrected chi connectivity index (χ4v) is 3.39. The summed E-state index contributed by atoms with van der Waals surface area (Å²) in [7, 11) is 4.07. The number of fused-ring (bicyclic) bond motifs is 1. The fraction of sp³-hybridized carbons (Fsp3) is 0.500. The highest BCUT2D eigenvalue weighted by Gasteiger charge is 2.18. The van der Waals surface area contributed by atoms with Crippen LogP contribution in [0.15, 0.2) is 24.3 Å². The summed E-state index contributed by atoms with van der Waals surface area (Å²) in [5, 5.41) is 4.68. The van der Waals surface area contributed by atoms with E-state index in [4.69, 9.17) is 4.98 Å². The van der Waals surface area contributed by atoms with Gasteiger partial charge in [-0.1, -0.05) is 12.1 Å². The SMILES string of the molecule is Cc1ccc2cc(CNCCCN3CCCC3=O)c(N(C)C)nc2c1. The Morgan fingerprint density at radius 1 is 1.28 bits per heavy atom. The van der Waals surface area contributed by atoms with Crippen LogP contribution in [0.1, 0.15) is 30.4 Å². The summed E-state index contributed by atoms with van der Waals surface area (Å²) in [5.74, 6) is 1.32. The zero-order chi connectivity index (χ0) is 17.8. The Labute approximate surface area is 150 Å². The van der Waals surface area contributed by atoms with Gasteiger partial charge < -0.3 is 15.1 Å². The van der Waals surface area contributed by atoms with E-state index in [-0.39, 0.29) is 0 Å². The minimum atomic E-state index is 0.309. The van der Waals surface area contributed by atoms with Crippen molar-refractivity contribution in [2.75, 3.05) is 38.6 Å². The number of aryl methyl sites for hydroxylation is 1. The molecule has 0 saturated carbocycles. The maximum absolute atomic E-state index is 11.6. The molecule has 0 aliphatic carbocycles. The van der Waals surface area contributed by atoms with Crippen LogP contribution >= 0.6 is 0 Å². The highest BCUT2D eigenvalue weighted by Crippen LogP contribution is 2.23. The lowest BCUT2D eigenvalue weighted by atomic mass is 10.1. The van der Waals surface area contributed by atoms with Crippen molar-refractivity contribution in [2.45, 2.75) is 32.7 Å². The van der Waals surface area contributed by atoms with Crippen molar-refractivity contribution in [3.63, 3.8) is 0 Å². The van der Waals surface area contributed by atoms with Gasteiger partial charge in [-0.15, -0.1) is 0 Å². The van der Waals surface area contributed by atoms with Crippen molar-refractivity contribution < 1.29 is 4.79 Å². The summed E-state index contributed by atoms with van der Waals surface area (Å²) in [6.45, 7) is 5.58. The number of anilines is 1. The van der Waals surface area contributed by atoms with E-state index in [1.54, 1.807) is 0 Å². The number of carbonyl (C=O) groups excluding carboxylic acids is 1. The van der Waals surface area contributed by atoms with Crippen LogP contribution in [-0.4, -0.2) is 49.5 Å². The van der Waals surface area contributed by atoms with Crippen molar-refractivity contribution in [3.8, 4) is 0 Å². The third-order valence-electron chi connectivity index (χ3n) is 4.72. The number of pyridine rings is 1. The van der Waals surface area contributed by atoms with Gasteiger partial charge in [-0.05, 0) is 44.0 Å². The monoisotopic (exact) mass is 340 g/mol. The fourth-order valence-electron chi connectivity index (χ4n) is 3.39. The molecule has 5 nitrogen and oxygen atoms in total. The molecule has 1 N–H and O–H groups in total. The first-order valence-electron chi connectivity index (χ1n) is 9.11. The second-order valence-electron chi connectivity index (χ2n) is 7.08. The van der Waals surface area contributed by atoms with Gasteiger partial charge in [0.1, 0.15) is 5.82 Å². The summed E-state index contributed by atoms with van der Waals surface area (Å²) < 4.78 is 0. The van der Waals surface area contributed by atoms with Gasteiger partial charge in [0, 0.05) is 51.1 Å². The quantitative estimate of drug-likeness (QED) is 0.788. The van der Waals surface area contributed by atoms with Crippen LogP contribution in [0.4, 0.5) is 5.82 Å². The average Bonchev–Trinajstić information content (AvgIpc) is 2.99. The molecular formula is C20H28N4O. The van der Waals surface area contributed by atoms with E-state index < -0.39 is 0 Å². The first kappa shape index (κ1) is 17.7. The Bertz CT molecular complexity index is 757. The molecular weight excluding hydrogens is 312 g/mol. The van der Waals surface area contributed by atoms with E-state index in [9.17, 15) is 4.79 Å². The number of carbonyl (C=O) groups is 1. The highest BCUT2D eigenvalue weighted by atomic mass is 16.2. The highest BCUT2D eigenvalue weighted by molar-refractivity contribution is 5.82. The molecule has 0 unspecified atom stereocenters. The Kier molecular flexibility index (Phi) is 5.53. The van der Waals surface area contributed by atoms with Gasteiger partial charge in [0.05, 0.1) is 5.52 Å². The molecule has 1 aliphatic heterocycles. The number of nitrogens with one attached hydrogen (secondary N) is 1. The lowest BCUT2D eigenvalue weighted by Gasteiger charge is -2.18. The molecule has 1 aliphatic rings. The molecule has 0 radical (unpaired) electrons. The molecule has 2 aromatic rings. The van der Waals surface area contributed by atoms with Crippen LogP contribution in [0.25, 0.3) is 10.9 Å². The molecule has 0 spiro atoms. The number of nitrogens with zero attached hydrogens (tertiary/aromatic N) is 3. The van der Waals surface area contributed by atoms with Crippen LogP contribution in [0, 0.1) is 6.92 Å². The number of amides is 1. The largest absolute Gasteiger partial charge is 0.362 e. The van der Waals surface area contributed by atoms with Crippen LogP contribution < -0.4 is 10.2 Å². The standard InChI is InChI=1S/C20H28N4O/c1-15-7-8-16-13-17(20(23(2)3)22-18(16)12-15)14-21-9-5-11-24-10-4-6-19(24)25/h7-8,12-13,21H,4-6,9-11,14H2,1-3H3. The Balaban J connectivity index is 1.61. The van der Waals surface area contributed by atoms with Crippen molar-refractivity contribution in [1.82, 2.24) is 15.2 Å². The van der Waals surface area contributed by atoms with Gasteiger partial charge in [-0.2, -0.15) is 0 Å². The van der Waals surface area contributed by atoms with E-state index in [0.29, 0.717) is 5.91 Å². The maximum Gasteiger partial charge on any atom is 0.222 e. The number of hydrogen-bond donors (Lipinski definition) is 1. The lowest BCUT2D eigenvalue weighted by Crippen LogP contribution is -2.28. The molecule has 0 bridgehead atoms. The normalized spacial score (nSPS) is 14.5. The Hall–Kier alpha value is -2.14. The van der Waals surface area contributed by atoms with Crippen LogP contribution in [0.2, 0.25) is 0 Å². The number of aromatic nitrogens is 1. The van der Waals surface area contributed by atoms with Crippen molar-refractivity contribution >= 4 is 22.6 Å². The minimum absolute atomic E-state index is 0.309. The number of rotatable bonds is 7.